The number of nitrogens with zero attached hydrogens (tertiary/aromatic N) is 1. The molecule has 0 aliphatic carbocycles. The van der Waals surface area contributed by atoms with Crippen molar-refractivity contribution in [1.29, 1.82) is 0 Å². The summed E-state index contributed by atoms with van der Waals surface area (Å²) in [7, 11) is 1.85. The number of aromatic amines is 1. The topological polar surface area (TPSA) is 172 Å². The van der Waals surface area contributed by atoms with Crippen molar-refractivity contribution in [3.8, 4) is 5.75 Å². The molecule has 2 N–H and O–H groups in total. The molecule has 0 fully saturated rings. The fourth-order valence-electron chi connectivity index (χ4n) is 2.83. The lowest BCUT2D eigenvalue weighted by Gasteiger charge is -2.10. The van der Waals surface area contributed by atoms with Crippen molar-refractivity contribution in [2.75, 3.05) is 46.6 Å². The number of rotatable bonds is 13. The van der Waals surface area contributed by atoms with Crippen LogP contribution < -0.4 is 15.5 Å². The van der Waals surface area contributed by atoms with E-state index in [-0.39, 0.29) is 49.2 Å². The molecular formula is C26H35N3O10. The molecule has 0 amide bonds. The number of H-pyrrole nitrogens is 1. The fraction of sp³-hybridized carbons (Fsp3) is 0.462. The van der Waals surface area contributed by atoms with Gasteiger partial charge < -0.3 is 34.0 Å². The lowest BCUT2D eigenvalue weighted by Crippen LogP contribution is -2.17. The second-order valence-corrected chi connectivity index (χ2v) is 7.40. The number of carbonyl (C=O) groups excluding carboxylic acids is 4. The van der Waals surface area contributed by atoms with Crippen LogP contribution >= 0.6 is 0 Å². The molecule has 0 saturated carbocycles. The van der Waals surface area contributed by atoms with Crippen LogP contribution in [0.4, 0.5) is 0 Å². The van der Waals surface area contributed by atoms with Crippen LogP contribution in [0.3, 0.4) is 0 Å². The van der Waals surface area contributed by atoms with Crippen LogP contribution in [0.1, 0.15) is 76.1 Å². The van der Waals surface area contributed by atoms with Crippen LogP contribution in [0.25, 0.3) is 0 Å². The van der Waals surface area contributed by atoms with Crippen LogP contribution in [-0.4, -0.2) is 80.5 Å². The first-order chi connectivity index (χ1) is 18.7. The normalized spacial score (nSPS) is 9.97. The summed E-state index contributed by atoms with van der Waals surface area (Å²) in [6, 6.07) is 5.06. The Kier molecular flexibility index (Phi) is 15.2. The van der Waals surface area contributed by atoms with E-state index in [4.69, 9.17) is 23.7 Å². The van der Waals surface area contributed by atoms with Gasteiger partial charge in [-0.15, -0.1) is 0 Å². The summed E-state index contributed by atoms with van der Waals surface area (Å²) in [5.74, 6) is -2.19. The third kappa shape index (κ3) is 11.8. The molecular weight excluding hydrogens is 514 g/mol. The Morgan fingerprint density at radius 3 is 1.59 bits per heavy atom. The molecule has 214 valence electrons. The van der Waals surface area contributed by atoms with Crippen LogP contribution in [0.15, 0.2) is 29.1 Å². The molecule has 2 rings (SSSR count). The van der Waals surface area contributed by atoms with E-state index < -0.39 is 29.3 Å². The van der Waals surface area contributed by atoms with E-state index >= 15 is 0 Å². The predicted molar refractivity (Wildman–Crippen MR) is 139 cm³/mol. The molecule has 2 heterocycles. The maximum atomic E-state index is 11.8. The van der Waals surface area contributed by atoms with Gasteiger partial charge in [0.05, 0.1) is 33.0 Å². The first-order valence-corrected chi connectivity index (χ1v) is 12.4. The highest BCUT2D eigenvalue weighted by Gasteiger charge is 2.17. The van der Waals surface area contributed by atoms with Crippen LogP contribution in [-0.2, 0) is 18.9 Å². The van der Waals surface area contributed by atoms with Gasteiger partial charge in [0.25, 0.3) is 0 Å². The van der Waals surface area contributed by atoms with Crippen molar-refractivity contribution in [3.05, 3.63) is 57.3 Å². The largest absolute Gasteiger partial charge is 0.493 e. The van der Waals surface area contributed by atoms with Crippen molar-refractivity contribution in [2.24, 2.45) is 0 Å². The minimum Gasteiger partial charge on any atom is -0.493 e. The molecule has 2 aromatic rings. The molecule has 0 radical (unpaired) electrons. The summed E-state index contributed by atoms with van der Waals surface area (Å²) < 4.78 is 24.8. The molecule has 0 aromatic carbocycles. The Bertz CT molecular complexity index is 1090. The van der Waals surface area contributed by atoms with Gasteiger partial charge in [0, 0.05) is 24.3 Å². The SMILES string of the molecule is CCOC(=O)c1cc(=O)cc(C(=O)OCC)[nH]1.CCOC(=O)c1cc(OCCCNC)cc(C(=O)OCC)n1. The molecule has 0 aliphatic rings. The number of nitrogens with one attached hydrogen (secondary N) is 2. The Morgan fingerprint density at radius 2 is 1.18 bits per heavy atom. The van der Waals surface area contributed by atoms with Gasteiger partial charge in [0.15, 0.2) is 16.8 Å². The fourth-order valence-corrected chi connectivity index (χ4v) is 2.83. The monoisotopic (exact) mass is 549 g/mol. The molecule has 0 spiro atoms. The Hall–Kier alpha value is -4.26. The van der Waals surface area contributed by atoms with Crippen molar-refractivity contribution in [3.63, 3.8) is 0 Å². The molecule has 0 atom stereocenters. The number of hydrogen-bond acceptors (Lipinski definition) is 12. The summed E-state index contributed by atoms with van der Waals surface area (Å²) in [5, 5.41) is 3.01. The molecule has 2 aromatic heterocycles. The van der Waals surface area contributed by atoms with Gasteiger partial charge in [-0.3, -0.25) is 4.79 Å². The van der Waals surface area contributed by atoms with Crippen molar-refractivity contribution in [2.45, 2.75) is 34.1 Å². The molecule has 0 saturated heterocycles. The standard InChI is InChI=1S/C15H22N2O5.C11H13NO5/c1-4-20-14(18)12-9-11(22-8-6-7-16-3)10-13(17-12)15(19)21-5-2;1-3-16-10(14)8-5-7(13)6-9(12-8)11(15)17-4-2/h9-10,16H,4-8H2,1-3H3;5-6H,3-4H2,1-2H3,(H,12,13). The van der Waals surface area contributed by atoms with Crippen LogP contribution in [0.5, 0.6) is 5.75 Å². The first-order valence-electron chi connectivity index (χ1n) is 12.4. The zero-order chi connectivity index (χ0) is 29.2. The minimum absolute atomic E-state index is 0.0241. The zero-order valence-corrected chi connectivity index (χ0v) is 22.8. The van der Waals surface area contributed by atoms with E-state index in [0.717, 1.165) is 25.1 Å². The molecule has 0 bridgehead atoms. The van der Waals surface area contributed by atoms with Gasteiger partial charge in [-0.2, -0.15) is 0 Å². The quantitative estimate of drug-likeness (QED) is 0.212. The van der Waals surface area contributed by atoms with Crippen molar-refractivity contribution >= 4 is 23.9 Å². The van der Waals surface area contributed by atoms with Gasteiger partial charge in [-0.05, 0) is 47.7 Å². The van der Waals surface area contributed by atoms with Gasteiger partial charge in [-0.25, -0.2) is 24.2 Å². The number of aromatic nitrogens is 2. The molecule has 0 aliphatic heterocycles. The Morgan fingerprint density at radius 1 is 0.744 bits per heavy atom. The minimum atomic E-state index is -0.684. The van der Waals surface area contributed by atoms with Gasteiger partial charge >= 0.3 is 23.9 Å². The van der Waals surface area contributed by atoms with Crippen molar-refractivity contribution < 1.29 is 42.9 Å². The van der Waals surface area contributed by atoms with Gasteiger partial charge in [0.1, 0.15) is 17.1 Å². The summed E-state index contributed by atoms with van der Waals surface area (Å²) in [5.41, 5.74) is -0.549. The summed E-state index contributed by atoms with van der Waals surface area (Å²) >= 11 is 0. The highest BCUT2D eigenvalue weighted by Crippen LogP contribution is 2.16. The number of pyridine rings is 2. The maximum Gasteiger partial charge on any atom is 0.357 e. The highest BCUT2D eigenvalue weighted by atomic mass is 16.5. The van der Waals surface area contributed by atoms with Gasteiger partial charge in [-0.1, -0.05) is 0 Å². The molecule has 0 unspecified atom stereocenters. The van der Waals surface area contributed by atoms with Crippen LogP contribution in [0, 0.1) is 0 Å². The Balaban J connectivity index is 0.000000403. The summed E-state index contributed by atoms with van der Waals surface area (Å²) in [4.78, 5) is 64.1. The lowest BCUT2D eigenvalue weighted by molar-refractivity contribution is 0.0492. The van der Waals surface area contributed by atoms with Gasteiger partial charge in [0.2, 0.25) is 0 Å². The summed E-state index contributed by atoms with van der Waals surface area (Å²) in [6.07, 6.45) is 0.794. The van der Waals surface area contributed by atoms with E-state index in [9.17, 15) is 24.0 Å². The van der Waals surface area contributed by atoms with E-state index in [1.807, 2.05) is 7.05 Å². The number of esters is 4. The van der Waals surface area contributed by atoms with E-state index in [2.05, 4.69) is 15.3 Å². The number of carbonyl (C=O) groups is 4. The third-order valence-corrected chi connectivity index (χ3v) is 4.44. The first kappa shape index (κ1) is 32.8. The number of ether oxygens (including phenoxy) is 5. The smallest absolute Gasteiger partial charge is 0.357 e. The highest BCUT2D eigenvalue weighted by molar-refractivity contribution is 5.92. The predicted octanol–water partition coefficient (Wildman–Crippen LogP) is 2.15. The second kappa shape index (κ2) is 18.1. The van der Waals surface area contributed by atoms with E-state index in [0.29, 0.717) is 12.4 Å². The third-order valence-electron chi connectivity index (χ3n) is 4.44. The average molecular weight is 550 g/mol. The molecule has 13 nitrogen and oxygen atoms in total. The molecule has 39 heavy (non-hydrogen) atoms. The van der Waals surface area contributed by atoms with E-state index in [1.54, 1.807) is 27.7 Å². The maximum absolute atomic E-state index is 11.8. The lowest BCUT2D eigenvalue weighted by atomic mass is 10.2. The van der Waals surface area contributed by atoms with Crippen LogP contribution in [0.2, 0.25) is 0 Å². The second-order valence-electron chi connectivity index (χ2n) is 7.40. The zero-order valence-electron chi connectivity index (χ0n) is 22.8. The number of hydrogen-bond donors (Lipinski definition) is 2. The Labute approximate surface area is 226 Å². The average Bonchev–Trinajstić information content (AvgIpc) is 2.91. The summed E-state index contributed by atoms with van der Waals surface area (Å²) in [6.45, 7) is 8.76. The van der Waals surface area contributed by atoms with Crippen molar-refractivity contribution in [1.82, 2.24) is 15.3 Å². The van der Waals surface area contributed by atoms with E-state index in [1.165, 1.54) is 12.1 Å². The molecule has 13 heteroatoms.